The second kappa shape index (κ2) is 11.6. The molecule has 0 saturated heterocycles. The number of rotatable bonds is 3. The fourth-order valence-electron chi connectivity index (χ4n) is 4.52. The largest absolute Gasteiger partial charge is 0.501 e. The predicted octanol–water partition coefficient (Wildman–Crippen LogP) is 8.16. The summed E-state index contributed by atoms with van der Waals surface area (Å²) in [6.07, 6.45) is 3.66. The number of benzene rings is 3. The molecule has 38 heavy (non-hydrogen) atoms. The van der Waals surface area contributed by atoms with Crippen molar-refractivity contribution in [3.8, 4) is 22.5 Å². The molecular formula is C33H30IrN2OSi-2. The van der Waals surface area contributed by atoms with Crippen molar-refractivity contribution in [3.05, 3.63) is 115 Å². The van der Waals surface area contributed by atoms with Gasteiger partial charge < -0.3 is 14.4 Å². The first-order chi connectivity index (χ1) is 17.8. The number of nitrogens with zero attached hydrogens (tertiary/aromatic N) is 2. The van der Waals surface area contributed by atoms with Gasteiger partial charge in [0.2, 0.25) is 0 Å². The molecule has 0 N–H and O–H groups in total. The summed E-state index contributed by atoms with van der Waals surface area (Å²) in [6.45, 7) is 11.2. The van der Waals surface area contributed by atoms with Gasteiger partial charge >= 0.3 is 0 Å². The second-order valence-corrected chi connectivity index (χ2v) is 15.3. The molecule has 5 heteroatoms. The molecule has 193 valence electrons. The number of aryl methyl sites for hydroxylation is 2. The molecule has 0 bridgehead atoms. The Morgan fingerprint density at radius 2 is 1.61 bits per heavy atom. The first-order valence-electron chi connectivity index (χ1n) is 12.5. The molecule has 3 nitrogen and oxygen atoms in total. The van der Waals surface area contributed by atoms with Crippen molar-refractivity contribution < 1.29 is 24.5 Å². The Hall–Kier alpha value is -3.37. The van der Waals surface area contributed by atoms with E-state index in [0.29, 0.717) is 0 Å². The second-order valence-electron chi connectivity index (χ2n) is 10.3. The minimum atomic E-state index is -1.53. The van der Waals surface area contributed by atoms with E-state index in [2.05, 4.69) is 85.9 Å². The fourth-order valence-corrected chi connectivity index (χ4v) is 6.03. The first-order valence-corrected chi connectivity index (χ1v) is 16.0. The van der Waals surface area contributed by atoms with Gasteiger partial charge in [-0.05, 0) is 43.4 Å². The monoisotopic (exact) mass is 691 g/mol. The summed E-state index contributed by atoms with van der Waals surface area (Å²) >= 11 is 0. The van der Waals surface area contributed by atoms with Crippen molar-refractivity contribution in [3.63, 3.8) is 0 Å². The average Bonchev–Trinajstić information content (AvgIpc) is 3.29. The van der Waals surface area contributed by atoms with Gasteiger partial charge in [-0.25, -0.2) is 0 Å². The molecule has 0 fully saturated rings. The quantitative estimate of drug-likeness (QED) is 0.139. The molecule has 3 aromatic heterocycles. The third kappa shape index (κ3) is 5.71. The minimum Gasteiger partial charge on any atom is -0.501 e. The molecular weight excluding hydrogens is 661 g/mol. The zero-order valence-electron chi connectivity index (χ0n) is 22.3. The van der Waals surface area contributed by atoms with Gasteiger partial charge in [-0.2, -0.15) is 0 Å². The Bertz CT molecular complexity index is 1690. The molecule has 0 atom stereocenters. The van der Waals surface area contributed by atoms with Gasteiger partial charge in [-0.15, -0.1) is 53.2 Å². The molecule has 6 rings (SSSR count). The number of hydrogen-bond acceptors (Lipinski definition) is 3. The van der Waals surface area contributed by atoms with E-state index in [1.165, 1.54) is 21.5 Å². The average molecular weight is 691 g/mol. The zero-order valence-corrected chi connectivity index (χ0v) is 25.7. The molecule has 1 radical (unpaired) electrons. The van der Waals surface area contributed by atoms with Gasteiger partial charge in [0.1, 0.15) is 5.58 Å². The third-order valence-electron chi connectivity index (χ3n) is 6.41. The SMILES string of the molecule is Cc1cccnc1-c1[c-]cc([Si](C)(C)C)c2c1oc1ccccc12.Cc1ccnc(-c2[c-]cccc2)c1.[Ir]. The Balaban J connectivity index is 0.000000204. The Morgan fingerprint density at radius 3 is 2.32 bits per heavy atom. The summed E-state index contributed by atoms with van der Waals surface area (Å²) in [5.41, 5.74) is 8.15. The summed E-state index contributed by atoms with van der Waals surface area (Å²) in [5, 5.41) is 3.82. The van der Waals surface area contributed by atoms with Crippen LogP contribution in [0.15, 0.2) is 95.7 Å². The number of hydrogen-bond donors (Lipinski definition) is 0. The van der Waals surface area contributed by atoms with Crippen LogP contribution in [-0.4, -0.2) is 18.0 Å². The van der Waals surface area contributed by atoms with Crippen LogP contribution in [0.5, 0.6) is 0 Å². The molecule has 0 unspecified atom stereocenters. The molecule has 3 heterocycles. The summed E-state index contributed by atoms with van der Waals surface area (Å²) in [7, 11) is -1.53. The van der Waals surface area contributed by atoms with Gasteiger partial charge in [-0.3, -0.25) is 0 Å². The van der Waals surface area contributed by atoms with Crippen molar-refractivity contribution in [2.24, 2.45) is 0 Å². The van der Waals surface area contributed by atoms with E-state index in [4.69, 9.17) is 4.42 Å². The maximum atomic E-state index is 6.28. The van der Waals surface area contributed by atoms with Crippen LogP contribution in [0.1, 0.15) is 11.1 Å². The maximum Gasteiger partial charge on any atom is 0.120 e. The summed E-state index contributed by atoms with van der Waals surface area (Å²) in [4.78, 5) is 8.86. The van der Waals surface area contributed by atoms with E-state index in [1.807, 2.05) is 60.9 Å². The van der Waals surface area contributed by atoms with Crippen LogP contribution in [-0.2, 0) is 20.1 Å². The van der Waals surface area contributed by atoms with Crippen molar-refractivity contribution >= 4 is 35.2 Å². The zero-order chi connectivity index (χ0) is 26.0. The molecule has 0 amide bonds. The molecule has 6 aromatic rings. The summed E-state index contributed by atoms with van der Waals surface area (Å²) in [6, 6.07) is 33.1. The van der Waals surface area contributed by atoms with E-state index in [1.54, 1.807) is 0 Å². The van der Waals surface area contributed by atoms with Gasteiger partial charge in [0, 0.05) is 46.0 Å². The van der Waals surface area contributed by atoms with E-state index < -0.39 is 8.07 Å². The number of pyridine rings is 2. The van der Waals surface area contributed by atoms with Crippen LogP contribution in [0, 0.1) is 26.0 Å². The van der Waals surface area contributed by atoms with Crippen molar-refractivity contribution in [1.82, 2.24) is 9.97 Å². The van der Waals surface area contributed by atoms with Crippen molar-refractivity contribution in [2.75, 3.05) is 0 Å². The van der Waals surface area contributed by atoms with Crippen molar-refractivity contribution in [2.45, 2.75) is 33.5 Å². The van der Waals surface area contributed by atoms with Crippen LogP contribution in [0.3, 0.4) is 0 Å². The van der Waals surface area contributed by atoms with Crippen molar-refractivity contribution in [1.29, 1.82) is 0 Å². The van der Waals surface area contributed by atoms with E-state index >= 15 is 0 Å². The standard InChI is InChI=1S/C21H20NOSi.C12H10N.Ir/c1-14-8-7-13-22-20(14)16-11-12-18(24(2,3)4)19-15-9-5-6-10-17(15)23-21(16)19;1-10-7-8-13-12(9-10)11-5-3-2-4-6-11;/h5-10,12-13H,1-4H3;2-5,7-9H,1H3;/q2*-1;. The molecule has 3 aromatic carbocycles. The first kappa shape index (κ1) is 27.7. The van der Waals surface area contributed by atoms with Gasteiger partial charge in [0.05, 0.1) is 5.58 Å². The number of furan rings is 1. The Morgan fingerprint density at radius 1 is 0.816 bits per heavy atom. The third-order valence-corrected chi connectivity index (χ3v) is 8.42. The molecule has 0 aliphatic rings. The van der Waals surface area contributed by atoms with Gasteiger partial charge in [0.15, 0.2) is 0 Å². The molecule has 0 spiro atoms. The van der Waals surface area contributed by atoms with Crippen LogP contribution in [0.2, 0.25) is 19.6 Å². The van der Waals surface area contributed by atoms with Crippen LogP contribution in [0.4, 0.5) is 0 Å². The van der Waals surface area contributed by atoms with E-state index in [-0.39, 0.29) is 20.1 Å². The van der Waals surface area contributed by atoms with Crippen LogP contribution < -0.4 is 5.19 Å². The maximum absolute atomic E-state index is 6.28. The number of fused-ring (bicyclic) bond motifs is 3. The van der Waals surface area contributed by atoms with Crippen LogP contribution >= 0.6 is 0 Å². The molecule has 0 aliphatic heterocycles. The molecule has 0 aliphatic carbocycles. The molecule has 0 saturated carbocycles. The Kier molecular flexibility index (Phi) is 8.42. The van der Waals surface area contributed by atoms with E-state index in [0.717, 1.165) is 39.2 Å². The Labute approximate surface area is 239 Å². The summed E-state index contributed by atoms with van der Waals surface area (Å²) in [5.74, 6) is 0. The van der Waals surface area contributed by atoms with Crippen LogP contribution in [0.25, 0.3) is 44.5 Å². The topological polar surface area (TPSA) is 38.9 Å². The fraction of sp³-hybridized carbons (Fsp3) is 0.152. The summed E-state index contributed by atoms with van der Waals surface area (Å²) < 4.78 is 6.28. The number of para-hydroxylation sites is 1. The number of aromatic nitrogens is 2. The minimum absolute atomic E-state index is 0. The smallest absolute Gasteiger partial charge is 0.120 e. The normalized spacial score (nSPS) is 11.1. The predicted molar refractivity (Wildman–Crippen MR) is 157 cm³/mol. The van der Waals surface area contributed by atoms with Gasteiger partial charge in [0.25, 0.3) is 0 Å². The van der Waals surface area contributed by atoms with E-state index in [9.17, 15) is 0 Å². The van der Waals surface area contributed by atoms with Gasteiger partial charge in [-0.1, -0.05) is 72.0 Å².